The monoisotopic (exact) mass is 536 g/mol. The number of rotatable bonds is 34. The van der Waals surface area contributed by atoms with Gasteiger partial charge in [0.1, 0.15) is 0 Å². The minimum absolute atomic E-state index is 0.466. The van der Waals surface area contributed by atoms with Gasteiger partial charge in [0, 0.05) is 6.04 Å². The summed E-state index contributed by atoms with van der Waals surface area (Å²) >= 11 is 0. The molecule has 0 saturated carbocycles. The van der Waals surface area contributed by atoms with Gasteiger partial charge in [-0.3, -0.25) is 0 Å². The SMILES string of the molecule is CCCCCCCCCCCCCCCCCCC(N)CCCCCCCCCCCCCCCCCC. The van der Waals surface area contributed by atoms with Gasteiger partial charge in [-0.25, -0.2) is 0 Å². The summed E-state index contributed by atoms with van der Waals surface area (Å²) in [5.74, 6) is 0. The summed E-state index contributed by atoms with van der Waals surface area (Å²) in [6, 6.07) is 0.466. The molecule has 0 rings (SSSR count). The highest BCUT2D eigenvalue weighted by atomic mass is 14.6. The summed E-state index contributed by atoms with van der Waals surface area (Å²) in [6.45, 7) is 4.61. The van der Waals surface area contributed by atoms with Gasteiger partial charge in [0.15, 0.2) is 0 Å². The van der Waals surface area contributed by atoms with Crippen molar-refractivity contribution in [3.8, 4) is 0 Å². The van der Waals surface area contributed by atoms with Crippen LogP contribution in [0.5, 0.6) is 0 Å². The van der Waals surface area contributed by atoms with Crippen LogP contribution in [0.1, 0.15) is 232 Å². The van der Waals surface area contributed by atoms with Crippen molar-refractivity contribution in [2.45, 2.75) is 238 Å². The minimum atomic E-state index is 0.466. The van der Waals surface area contributed by atoms with E-state index in [2.05, 4.69) is 13.8 Å². The standard InChI is InChI=1S/C37H77N/c1-3-5-7-9-11-13-15-17-19-21-23-25-27-29-31-33-35-37(38)36-34-32-30-28-26-24-22-20-18-16-14-12-10-8-6-4-2/h37H,3-36,38H2,1-2H3. The lowest BCUT2D eigenvalue weighted by molar-refractivity contribution is 0.477. The van der Waals surface area contributed by atoms with Gasteiger partial charge in [0.2, 0.25) is 0 Å². The van der Waals surface area contributed by atoms with Gasteiger partial charge >= 0.3 is 0 Å². The quantitative estimate of drug-likeness (QED) is 0.0814. The van der Waals surface area contributed by atoms with E-state index in [0.29, 0.717) is 6.04 Å². The third kappa shape index (κ3) is 34.0. The van der Waals surface area contributed by atoms with Crippen LogP contribution >= 0.6 is 0 Å². The van der Waals surface area contributed by atoms with E-state index in [1.165, 1.54) is 218 Å². The van der Waals surface area contributed by atoms with Crippen molar-refractivity contribution < 1.29 is 0 Å². The van der Waals surface area contributed by atoms with Crippen molar-refractivity contribution in [3.05, 3.63) is 0 Å². The number of unbranched alkanes of at least 4 members (excludes halogenated alkanes) is 30. The maximum atomic E-state index is 6.39. The van der Waals surface area contributed by atoms with E-state index in [0.717, 1.165) is 0 Å². The first-order chi connectivity index (χ1) is 18.8. The predicted molar refractivity (Wildman–Crippen MR) is 176 cm³/mol. The molecule has 0 saturated heterocycles. The van der Waals surface area contributed by atoms with Crippen molar-refractivity contribution in [1.29, 1.82) is 0 Å². The molecule has 0 fully saturated rings. The van der Waals surface area contributed by atoms with E-state index >= 15 is 0 Å². The lowest BCUT2D eigenvalue weighted by Crippen LogP contribution is -2.19. The Balaban J connectivity index is 3.13. The Bertz CT molecular complexity index is 356. The van der Waals surface area contributed by atoms with E-state index in [-0.39, 0.29) is 0 Å². The fourth-order valence-electron chi connectivity index (χ4n) is 6.05. The number of nitrogens with two attached hydrogens (primary N) is 1. The highest BCUT2D eigenvalue weighted by Gasteiger charge is 2.03. The molecule has 0 aliphatic heterocycles. The Morgan fingerprint density at radius 3 is 0.605 bits per heavy atom. The van der Waals surface area contributed by atoms with Crippen molar-refractivity contribution >= 4 is 0 Å². The van der Waals surface area contributed by atoms with Crippen molar-refractivity contribution in [2.75, 3.05) is 0 Å². The van der Waals surface area contributed by atoms with E-state index < -0.39 is 0 Å². The first-order valence-corrected chi connectivity index (χ1v) is 18.6. The topological polar surface area (TPSA) is 26.0 Å². The Morgan fingerprint density at radius 2 is 0.421 bits per heavy atom. The predicted octanol–water partition coefficient (Wildman–Crippen LogP) is 13.6. The Morgan fingerprint density at radius 1 is 0.263 bits per heavy atom. The Kier molecular flexibility index (Phi) is 35.0. The second kappa shape index (κ2) is 35.0. The molecular weight excluding hydrogens is 458 g/mol. The van der Waals surface area contributed by atoms with Crippen LogP contribution in [-0.2, 0) is 0 Å². The maximum Gasteiger partial charge on any atom is 0.00388 e. The lowest BCUT2D eigenvalue weighted by atomic mass is 10.00. The van der Waals surface area contributed by atoms with Gasteiger partial charge in [-0.1, -0.05) is 219 Å². The molecule has 0 bridgehead atoms. The molecule has 0 heterocycles. The highest BCUT2D eigenvalue weighted by molar-refractivity contribution is 4.62. The fourth-order valence-corrected chi connectivity index (χ4v) is 6.05. The van der Waals surface area contributed by atoms with Crippen LogP contribution in [0.25, 0.3) is 0 Å². The van der Waals surface area contributed by atoms with Gasteiger partial charge in [0.25, 0.3) is 0 Å². The average molecular weight is 536 g/mol. The summed E-state index contributed by atoms with van der Waals surface area (Å²) in [5, 5.41) is 0. The van der Waals surface area contributed by atoms with Gasteiger partial charge in [0.05, 0.1) is 0 Å². The van der Waals surface area contributed by atoms with Crippen LogP contribution in [-0.4, -0.2) is 6.04 Å². The van der Waals surface area contributed by atoms with Crippen LogP contribution in [0, 0.1) is 0 Å². The summed E-state index contributed by atoms with van der Waals surface area (Å²) < 4.78 is 0. The molecule has 0 radical (unpaired) electrons. The molecule has 2 N–H and O–H groups in total. The molecule has 0 aromatic rings. The molecule has 0 amide bonds. The van der Waals surface area contributed by atoms with Crippen molar-refractivity contribution in [1.82, 2.24) is 0 Å². The van der Waals surface area contributed by atoms with Crippen LogP contribution in [0.3, 0.4) is 0 Å². The zero-order valence-corrected chi connectivity index (χ0v) is 27.2. The molecule has 0 spiro atoms. The van der Waals surface area contributed by atoms with Crippen LogP contribution in [0.15, 0.2) is 0 Å². The zero-order chi connectivity index (χ0) is 27.6. The lowest BCUT2D eigenvalue weighted by Gasteiger charge is -2.11. The summed E-state index contributed by atoms with van der Waals surface area (Å²) in [5.41, 5.74) is 6.39. The average Bonchev–Trinajstić information content (AvgIpc) is 2.92. The first-order valence-electron chi connectivity index (χ1n) is 18.6. The molecule has 0 aliphatic carbocycles. The van der Waals surface area contributed by atoms with E-state index in [9.17, 15) is 0 Å². The molecule has 0 aromatic carbocycles. The summed E-state index contributed by atoms with van der Waals surface area (Å²) in [7, 11) is 0. The smallest absolute Gasteiger partial charge is 0.00388 e. The normalized spacial score (nSPS) is 11.7. The van der Waals surface area contributed by atoms with Gasteiger partial charge < -0.3 is 5.73 Å². The van der Waals surface area contributed by atoms with Gasteiger partial charge in [-0.2, -0.15) is 0 Å². The van der Waals surface area contributed by atoms with E-state index in [1.807, 2.05) is 0 Å². The Labute approximate surface area is 243 Å². The minimum Gasteiger partial charge on any atom is -0.328 e. The molecule has 1 heteroatoms. The van der Waals surface area contributed by atoms with Crippen LogP contribution in [0.2, 0.25) is 0 Å². The van der Waals surface area contributed by atoms with Crippen LogP contribution < -0.4 is 5.73 Å². The second-order valence-corrected chi connectivity index (χ2v) is 12.9. The van der Waals surface area contributed by atoms with E-state index in [4.69, 9.17) is 5.73 Å². The number of hydrogen-bond acceptors (Lipinski definition) is 1. The second-order valence-electron chi connectivity index (χ2n) is 12.9. The van der Waals surface area contributed by atoms with E-state index in [1.54, 1.807) is 0 Å². The molecule has 0 atom stereocenters. The molecular formula is C37H77N. The third-order valence-electron chi connectivity index (χ3n) is 8.86. The highest BCUT2D eigenvalue weighted by Crippen LogP contribution is 2.17. The maximum absolute atomic E-state index is 6.39. The first kappa shape index (κ1) is 38.0. The fraction of sp³-hybridized carbons (Fsp3) is 1.00. The molecule has 0 unspecified atom stereocenters. The molecule has 0 aromatic heterocycles. The Hall–Kier alpha value is -0.0400. The third-order valence-corrected chi connectivity index (χ3v) is 8.86. The largest absolute Gasteiger partial charge is 0.328 e. The van der Waals surface area contributed by atoms with Gasteiger partial charge in [-0.15, -0.1) is 0 Å². The molecule has 1 nitrogen and oxygen atoms in total. The van der Waals surface area contributed by atoms with Crippen molar-refractivity contribution in [2.24, 2.45) is 5.73 Å². The number of hydrogen-bond donors (Lipinski definition) is 1. The molecule has 230 valence electrons. The van der Waals surface area contributed by atoms with Crippen molar-refractivity contribution in [3.63, 3.8) is 0 Å². The van der Waals surface area contributed by atoms with Gasteiger partial charge in [-0.05, 0) is 12.8 Å². The molecule has 38 heavy (non-hydrogen) atoms. The zero-order valence-electron chi connectivity index (χ0n) is 27.2. The summed E-state index contributed by atoms with van der Waals surface area (Å²) in [6.07, 6.45) is 48.9. The molecule has 0 aliphatic rings. The summed E-state index contributed by atoms with van der Waals surface area (Å²) in [4.78, 5) is 0. The van der Waals surface area contributed by atoms with Crippen LogP contribution in [0.4, 0.5) is 0 Å².